The molecule has 0 bridgehead atoms. The second kappa shape index (κ2) is 4.95. The topological polar surface area (TPSA) is 64.2 Å². The van der Waals surface area contributed by atoms with Crippen LogP contribution in [-0.4, -0.2) is 25.1 Å². The number of fused-ring (bicyclic) bond motifs is 2. The molecule has 3 heterocycles. The van der Waals surface area contributed by atoms with Crippen LogP contribution < -0.4 is 5.32 Å². The molecule has 0 saturated carbocycles. The lowest BCUT2D eigenvalue weighted by Gasteiger charge is -2.24. The Kier molecular flexibility index (Phi) is 3.04. The Morgan fingerprint density at radius 1 is 1.50 bits per heavy atom. The number of nitrogens with one attached hydrogen (secondary N) is 1. The zero-order valence-electron chi connectivity index (χ0n) is 12.5. The van der Waals surface area contributed by atoms with E-state index in [1.165, 1.54) is 22.6 Å². The summed E-state index contributed by atoms with van der Waals surface area (Å²) in [7, 11) is 1.97. The highest BCUT2D eigenvalue weighted by atomic mass is 32.1. The molecule has 1 amide bonds. The van der Waals surface area contributed by atoms with Crippen molar-refractivity contribution in [3.63, 3.8) is 0 Å². The van der Waals surface area contributed by atoms with Gasteiger partial charge in [0.15, 0.2) is 4.96 Å². The minimum absolute atomic E-state index is 0.0321. The van der Waals surface area contributed by atoms with E-state index in [-0.39, 0.29) is 11.9 Å². The van der Waals surface area contributed by atoms with Gasteiger partial charge in [-0.05, 0) is 26.2 Å². The quantitative estimate of drug-likeness (QED) is 0.789. The first-order chi connectivity index (χ1) is 10.6. The summed E-state index contributed by atoms with van der Waals surface area (Å²) in [4.78, 5) is 17.7. The molecule has 7 heteroatoms. The van der Waals surface area contributed by atoms with E-state index >= 15 is 0 Å². The number of carbonyl (C=O) groups is 1. The number of aryl methyl sites for hydroxylation is 2. The minimum atomic E-state index is -0.114. The maximum absolute atomic E-state index is 12.5. The summed E-state index contributed by atoms with van der Waals surface area (Å²) in [6.07, 6.45) is 6.73. The van der Waals surface area contributed by atoms with E-state index < -0.39 is 0 Å². The smallest absolute Gasteiger partial charge is 0.272 e. The first-order valence-corrected chi connectivity index (χ1v) is 8.27. The molecule has 1 N–H and O–H groups in total. The summed E-state index contributed by atoms with van der Waals surface area (Å²) in [5, 5.41) is 9.58. The molecule has 1 unspecified atom stereocenters. The molecule has 0 fully saturated rings. The van der Waals surface area contributed by atoms with Gasteiger partial charge in [0, 0.05) is 36.1 Å². The van der Waals surface area contributed by atoms with Crippen molar-refractivity contribution in [2.45, 2.75) is 32.2 Å². The van der Waals surface area contributed by atoms with Crippen LogP contribution in [0, 0.1) is 6.92 Å². The van der Waals surface area contributed by atoms with E-state index in [1.807, 2.05) is 34.6 Å². The normalized spacial score (nSPS) is 17.6. The third-order valence-electron chi connectivity index (χ3n) is 4.28. The zero-order valence-corrected chi connectivity index (χ0v) is 13.4. The Hall–Kier alpha value is -2.15. The fraction of sp³-hybridized carbons (Fsp3) is 0.400. The van der Waals surface area contributed by atoms with Gasteiger partial charge in [-0.3, -0.25) is 13.9 Å². The van der Waals surface area contributed by atoms with Crippen LogP contribution in [-0.2, 0) is 13.5 Å². The zero-order chi connectivity index (χ0) is 15.3. The van der Waals surface area contributed by atoms with Crippen LogP contribution in [0.15, 0.2) is 17.8 Å². The number of rotatable bonds is 2. The maximum Gasteiger partial charge on any atom is 0.272 e. The molecule has 0 aromatic carbocycles. The van der Waals surface area contributed by atoms with Crippen LogP contribution in [0.3, 0.4) is 0 Å². The summed E-state index contributed by atoms with van der Waals surface area (Å²) < 4.78 is 3.82. The molecular weight excluding hydrogens is 298 g/mol. The molecule has 3 aromatic rings. The van der Waals surface area contributed by atoms with E-state index in [1.54, 1.807) is 6.20 Å². The van der Waals surface area contributed by atoms with Crippen molar-refractivity contribution in [2.75, 3.05) is 0 Å². The molecule has 3 aromatic heterocycles. The first kappa shape index (κ1) is 13.5. The van der Waals surface area contributed by atoms with Gasteiger partial charge < -0.3 is 5.32 Å². The summed E-state index contributed by atoms with van der Waals surface area (Å²) in [5.74, 6) is -0.114. The van der Waals surface area contributed by atoms with Crippen molar-refractivity contribution in [2.24, 2.45) is 7.05 Å². The van der Waals surface area contributed by atoms with E-state index in [0.29, 0.717) is 5.69 Å². The van der Waals surface area contributed by atoms with Crippen LogP contribution in [0.2, 0.25) is 0 Å². The van der Waals surface area contributed by atoms with Crippen molar-refractivity contribution in [1.82, 2.24) is 24.5 Å². The standard InChI is InChI=1S/C15H17N5OS/c1-9-13-10(4-3-5-12(13)19(2)18-9)16-14(21)11-8-20-6-7-22-15(20)17-11/h6-8,10H,3-5H2,1-2H3,(H,16,21). The highest BCUT2D eigenvalue weighted by molar-refractivity contribution is 7.15. The molecular formula is C15H17N5OS. The second-order valence-corrected chi connectivity index (χ2v) is 6.58. The number of hydrogen-bond donors (Lipinski definition) is 1. The SMILES string of the molecule is Cc1nn(C)c2c1C(NC(=O)c1cn3ccsc3n1)CCC2. The lowest BCUT2D eigenvalue weighted by atomic mass is 9.91. The van der Waals surface area contributed by atoms with Crippen LogP contribution >= 0.6 is 11.3 Å². The van der Waals surface area contributed by atoms with E-state index in [4.69, 9.17) is 0 Å². The van der Waals surface area contributed by atoms with Gasteiger partial charge >= 0.3 is 0 Å². The Morgan fingerprint density at radius 2 is 2.36 bits per heavy atom. The lowest BCUT2D eigenvalue weighted by molar-refractivity contribution is 0.0928. The van der Waals surface area contributed by atoms with Crippen LogP contribution in [0.25, 0.3) is 4.96 Å². The number of hydrogen-bond acceptors (Lipinski definition) is 4. The molecule has 1 aliphatic carbocycles. The highest BCUT2D eigenvalue weighted by Crippen LogP contribution is 2.32. The lowest BCUT2D eigenvalue weighted by Crippen LogP contribution is -2.31. The van der Waals surface area contributed by atoms with Crippen molar-refractivity contribution < 1.29 is 4.79 Å². The predicted octanol–water partition coefficient (Wildman–Crippen LogP) is 2.25. The average Bonchev–Trinajstić information content (AvgIpc) is 3.14. The van der Waals surface area contributed by atoms with Gasteiger partial charge in [0.1, 0.15) is 5.69 Å². The molecule has 0 aliphatic heterocycles. The molecule has 0 spiro atoms. The van der Waals surface area contributed by atoms with Crippen molar-refractivity contribution in [3.05, 3.63) is 40.4 Å². The number of nitrogens with zero attached hydrogens (tertiary/aromatic N) is 4. The van der Waals surface area contributed by atoms with Crippen LogP contribution in [0.4, 0.5) is 0 Å². The number of thiazole rings is 1. The Bertz CT molecular complexity index is 830. The number of carbonyl (C=O) groups excluding carboxylic acids is 1. The van der Waals surface area contributed by atoms with Gasteiger partial charge in [0.2, 0.25) is 0 Å². The highest BCUT2D eigenvalue weighted by Gasteiger charge is 2.28. The summed E-state index contributed by atoms with van der Waals surface area (Å²) in [5.41, 5.74) is 3.90. The fourth-order valence-electron chi connectivity index (χ4n) is 3.30. The molecule has 0 radical (unpaired) electrons. The Balaban J connectivity index is 1.61. The molecule has 1 aliphatic rings. The van der Waals surface area contributed by atoms with Gasteiger partial charge in [-0.25, -0.2) is 4.98 Å². The fourth-order valence-corrected chi connectivity index (χ4v) is 4.00. The van der Waals surface area contributed by atoms with Crippen LogP contribution in [0.5, 0.6) is 0 Å². The van der Waals surface area contributed by atoms with Crippen molar-refractivity contribution >= 4 is 22.2 Å². The van der Waals surface area contributed by atoms with Gasteiger partial charge in [0.25, 0.3) is 5.91 Å². The molecule has 22 heavy (non-hydrogen) atoms. The number of imidazole rings is 1. The van der Waals surface area contributed by atoms with Gasteiger partial charge in [-0.2, -0.15) is 5.10 Å². The summed E-state index contributed by atoms with van der Waals surface area (Å²) >= 11 is 1.52. The predicted molar refractivity (Wildman–Crippen MR) is 84.2 cm³/mol. The Labute approximate surface area is 131 Å². The summed E-state index contributed by atoms with van der Waals surface area (Å²) in [6.45, 7) is 2.01. The third kappa shape index (κ3) is 2.04. The van der Waals surface area contributed by atoms with Crippen molar-refractivity contribution in [3.8, 4) is 0 Å². The molecule has 4 rings (SSSR count). The van der Waals surface area contributed by atoms with Gasteiger partial charge in [-0.1, -0.05) is 0 Å². The molecule has 114 valence electrons. The molecule has 1 atom stereocenters. The first-order valence-electron chi connectivity index (χ1n) is 7.39. The summed E-state index contributed by atoms with van der Waals surface area (Å²) in [6, 6.07) is 0.0321. The molecule has 6 nitrogen and oxygen atoms in total. The van der Waals surface area contributed by atoms with Crippen LogP contribution in [0.1, 0.15) is 46.3 Å². The largest absolute Gasteiger partial charge is 0.344 e. The van der Waals surface area contributed by atoms with E-state index in [9.17, 15) is 4.79 Å². The minimum Gasteiger partial charge on any atom is -0.344 e. The number of amides is 1. The van der Waals surface area contributed by atoms with Gasteiger partial charge in [0.05, 0.1) is 11.7 Å². The maximum atomic E-state index is 12.5. The third-order valence-corrected chi connectivity index (χ3v) is 5.05. The van der Waals surface area contributed by atoms with Gasteiger partial charge in [-0.15, -0.1) is 11.3 Å². The Morgan fingerprint density at radius 3 is 3.18 bits per heavy atom. The second-order valence-electron chi connectivity index (χ2n) is 5.71. The molecule has 0 saturated heterocycles. The van der Waals surface area contributed by atoms with Crippen molar-refractivity contribution in [1.29, 1.82) is 0 Å². The van der Waals surface area contributed by atoms with E-state index in [2.05, 4.69) is 15.4 Å². The average molecular weight is 315 g/mol. The monoisotopic (exact) mass is 315 g/mol. The number of aromatic nitrogens is 4. The van der Waals surface area contributed by atoms with E-state index in [0.717, 1.165) is 29.9 Å².